The molecule has 1 amide bonds. The molecule has 118 valence electrons. The number of halogens is 1. The van der Waals surface area contributed by atoms with Crippen molar-refractivity contribution in [3.05, 3.63) is 28.7 Å². The van der Waals surface area contributed by atoms with E-state index in [1.54, 1.807) is 12.1 Å². The molecule has 0 radical (unpaired) electrons. The molecule has 2 aliphatic carbocycles. The van der Waals surface area contributed by atoms with Crippen molar-refractivity contribution < 1.29 is 14.3 Å². The second kappa shape index (κ2) is 6.82. The zero-order valence-electron chi connectivity index (χ0n) is 12.4. The molecule has 0 unspecified atom stereocenters. The fourth-order valence-electron chi connectivity index (χ4n) is 3.78. The molecule has 0 aliphatic heterocycles. The van der Waals surface area contributed by atoms with Gasteiger partial charge >= 0.3 is 5.97 Å². The van der Waals surface area contributed by atoms with Gasteiger partial charge in [0.15, 0.2) is 6.61 Å². The zero-order valence-corrected chi connectivity index (χ0v) is 14.0. The Morgan fingerprint density at radius 3 is 2.59 bits per heavy atom. The van der Waals surface area contributed by atoms with Crippen molar-refractivity contribution in [1.82, 2.24) is 0 Å². The van der Waals surface area contributed by atoms with Crippen LogP contribution in [0.3, 0.4) is 0 Å². The minimum absolute atomic E-state index is 0.213. The fraction of sp³-hybridized carbons (Fsp3) is 0.529. The Morgan fingerprint density at radius 1 is 1.18 bits per heavy atom. The third-order valence-electron chi connectivity index (χ3n) is 4.81. The number of nitrogens with one attached hydrogen (secondary N) is 1. The van der Waals surface area contributed by atoms with Crippen LogP contribution >= 0.6 is 15.9 Å². The van der Waals surface area contributed by atoms with E-state index in [9.17, 15) is 9.59 Å². The number of ether oxygens (including phenoxy) is 1. The first kappa shape index (κ1) is 15.5. The maximum absolute atomic E-state index is 11.9. The van der Waals surface area contributed by atoms with Gasteiger partial charge in [-0.05, 0) is 61.3 Å². The van der Waals surface area contributed by atoms with Crippen LogP contribution in [0, 0.1) is 17.8 Å². The molecule has 3 atom stereocenters. The number of fused-ring (bicyclic) bond motifs is 2. The molecule has 5 heteroatoms. The summed E-state index contributed by atoms with van der Waals surface area (Å²) in [5, 5.41) is 2.71. The first-order chi connectivity index (χ1) is 10.6. The van der Waals surface area contributed by atoms with Gasteiger partial charge in [-0.2, -0.15) is 0 Å². The number of rotatable bonds is 5. The number of esters is 1. The van der Waals surface area contributed by atoms with Crippen molar-refractivity contribution in [2.24, 2.45) is 17.8 Å². The minimum Gasteiger partial charge on any atom is -0.456 e. The van der Waals surface area contributed by atoms with Crippen LogP contribution in [0.2, 0.25) is 0 Å². The maximum atomic E-state index is 11.9. The van der Waals surface area contributed by atoms with Gasteiger partial charge in [0.25, 0.3) is 5.91 Å². The highest BCUT2D eigenvalue weighted by atomic mass is 79.9. The summed E-state index contributed by atoms with van der Waals surface area (Å²) in [6.45, 7) is -0.213. The lowest BCUT2D eigenvalue weighted by Crippen LogP contribution is -2.23. The maximum Gasteiger partial charge on any atom is 0.306 e. The summed E-state index contributed by atoms with van der Waals surface area (Å²) in [4.78, 5) is 23.6. The molecule has 22 heavy (non-hydrogen) atoms. The molecule has 2 bridgehead atoms. The number of carbonyl (C=O) groups is 2. The molecular weight excluding hydrogens is 346 g/mol. The van der Waals surface area contributed by atoms with E-state index in [-0.39, 0.29) is 18.5 Å². The van der Waals surface area contributed by atoms with E-state index in [4.69, 9.17) is 4.74 Å². The van der Waals surface area contributed by atoms with Crippen molar-refractivity contribution in [2.75, 3.05) is 11.9 Å². The summed E-state index contributed by atoms with van der Waals surface area (Å²) in [6.07, 6.45) is 5.48. The van der Waals surface area contributed by atoms with Crippen LogP contribution in [-0.2, 0) is 14.3 Å². The van der Waals surface area contributed by atoms with Crippen LogP contribution in [0.4, 0.5) is 5.69 Å². The number of hydrogen-bond acceptors (Lipinski definition) is 3. The van der Waals surface area contributed by atoms with E-state index < -0.39 is 0 Å². The van der Waals surface area contributed by atoms with E-state index in [0.717, 1.165) is 16.8 Å². The van der Waals surface area contributed by atoms with Gasteiger partial charge in [0.2, 0.25) is 0 Å². The van der Waals surface area contributed by atoms with Gasteiger partial charge < -0.3 is 10.1 Å². The molecule has 0 aromatic heterocycles. The van der Waals surface area contributed by atoms with Crippen LogP contribution in [0.25, 0.3) is 0 Å². The molecule has 1 aromatic carbocycles. The smallest absolute Gasteiger partial charge is 0.306 e. The van der Waals surface area contributed by atoms with Crippen LogP contribution in [0.15, 0.2) is 28.7 Å². The molecule has 1 N–H and O–H groups in total. The molecular formula is C17H20BrNO3. The van der Waals surface area contributed by atoms with Crippen molar-refractivity contribution in [2.45, 2.75) is 32.1 Å². The number of amides is 1. The Balaban J connectivity index is 1.39. The Labute approximate surface area is 138 Å². The SMILES string of the molecule is O=C(COC(=O)C[C@@H]1C[C@@H]2CC[C@H]1C2)Nc1ccc(Br)cc1. The van der Waals surface area contributed by atoms with Gasteiger partial charge in [-0.1, -0.05) is 22.4 Å². The minimum atomic E-state index is -0.302. The normalized spacial score (nSPS) is 26.0. The van der Waals surface area contributed by atoms with Gasteiger partial charge in [0.05, 0.1) is 0 Å². The molecule has 0 saturated heterocycles. The monoisotopic (exact) mass is 365 g/mol. The molecule has 2 saturated carbocycles. The Hall–Kier alpha value is -1.36. The van der Waals surface area contributed by atoms with Gasteiger partial charge in [-0.3, -0.25) is 9.59 Å². The van der Waals surface area contributed by atoms with Crippen LogP contribution in [0.5, 0.6) is 0 Å². The Kier molecular flexibility index (Phi) is 4.81. The average Bonchev–Trinajstić information content (AvgIpc) is 3.10. The van der Waals surface area contributed by atoms with Crippen LogP contribution in [-0.4, -0.2) is 18.5 Å². The summed E-state index contributed by atoms with van der Waals surface area (Å²) in [5.74, 6) is 1.45. The van der Waals surface area contributed by atoms with Gasteiger partial charge in [-0.25, -0.2) is 0 Å². The number of anilines is 1. The fourth-order valence-corrected chi connectivity index (χ4v) is 4.04. The van der Waals surface area contributed by atoms with Gasteiger partial charge in [0.1, 0.15) is 0 Å². The first-order valence-electron chi connectivity index (χ1n) is 7.81. The van der Waals surface area contributed by atoms with Crippen molar-refractivity contribution >= 4 is 33.5 Å². The summed E-state index contributed by atoms with van der Waals surface area (Å²) in [6, 6.07) is 7.27. The third-order valence-corrected chi connectivity index (χ3v) is 5.33. The highest BCUT2D eigenvalue weighted by Crippen LogP contribution is 2.49. The number of carbonyl (C=O) groups excluding carboxylic acids is 2. The largest absolute Gasteiger partial charge is 0.456 e. The summed E-state index contributed by atoms with van der Waals surface area (Å²) in [5.41, 5.74) is 0.692. The molecule has 4 nitrogen and oxygen atoms in total. The van der Waals surface area contributed by atoms with E-state index >= 15 is 0 Å². The van der Waals surface area contributed by atoms with Crippen molar-refractivity contribution in [3.8, 4) is 0 Å². The lowest BCUT2D eigenvalue weighted by Gasteiger charge is -2.20. The summed E-state index contributed by atoms with van der Waals surface area (Å²) < 4.78 is 6.06. The molecule has 3 rings (SSSR count). The summed E-state index contributed by atoms with van der Waals surface area (Å²) >= 11 is 3.33. The first-order valence-corrected chi connectivity index (χ1v) is 8.60. The van der Waals surface area contributed by atoms with Crippen molar-refractivity contribution in [3.63, 3.8) is 0 Å². The standard InChI is InChI=1S/C17H20BrNO3/c18-14-3-5-15(6-4-14)19-16(20)10-22-17(21)9-13-8-11-1-2-12(13)7-11/h3-6,11-13H,1-2,7-10H2,(H,19,20)/t11-,12+,13+/m1/s1. The van der Waals surface area contributed by atoms with E-state index in [2.05, 4.69) is 21.2 Å². The molecule has 2 fully saturated rings. The third kappa shape index (κ3) is 3.88. The zero-order chi connectivity index (χ0) is 15.5. The second-order valence-electron chi connectivity index (χ2n) is 6.35. The molecule has 0 spiro atoms. The van der Waals surface area contributed by atoms with Gasteiger partial charge in [0, 0.05) is 16.6 Å². The van der Waals surface area contributed by atoms with Gasteiger partial charge in [-0.15, -0.1) is 0 Å². The van der Waals surface area contributed by atoms with Crippen molar-refractivity contribution in [1.29, 1.82) is 0 Å². The highest BCUT2D eigenvalue weighted by Gasteiger charge is 2.40. The number of hydrogen-bond donors (Lipinski definition) is 1. The Morgan fingerprint density at radius 2 is 1.95 bits per heavy atom. The van der Waals surface area contributed by atoms with E-state index in [1.165, 1.54) is 19.3 Å². The predicted octanol–water partition coefficient (Wildman–Crippen LogP) is 3.76. The predicted molar refractivity (Wildman–Crippen MR) is 87.3 cm³/mol. The summed E-state index contributed by atoms with van der Waals surface area (Å²) in [7, 11) is 0. The molecule has 1 aromatic rings. The quantitative estimate of drug-likeness (QED) is 0.808. The average molecular weight is 366 g/mol. The molecule has 2 aliphatic rings. The van der Waals surface area contributed by atoms with E-state index in [1.807, 2.05) is 12.1 Å². The van der Waals surface area contributed by atoms with E-state index in [0.29, 0.717) is 23.9 Å². The molecule has 0 heterocycles. The highest BCUT2D eigenvalue weighted by molar-refractivity contribution is 9.10. The van der Waals surface area contributed by atoms with Crippen LogP contribution in [0.1, 0.15) is 32.1 Å². The topological polar surface area (TPSA) is 55.4 Å². The second-order valence-corrected chi connectivity index (χ2v) is 7.27. The van der Waals surface area contributed by atoms with Crippen LogP contribution < -0.4 is 5.32 Å². The lowest BCUT2D eigenvalue weighted by molar-refractivity contribution is -0.148. The Bertz CT molecular complexity index is 558. The lowest BCUT2D eigenvalue weighted by atomic mass is 9.86. The number of benzene rings is 1.